The topological polar surface area (TPSA) is 74.5 Å². The van der Waals surface area contributed by atoms with Crippen molar-refractivity contribution in [3.63, 3.8) is 0 Å². The van der Waals surface area contributed by atoms with Crippen molar-refractivity contribution in [2.24, 2.45) is 11.1 Å². The smallest absolute Gasteiger partial charge is 0.374 e. The van der Waals surface area contributed by atoms with Crippen molar-refractivity contribution >= 4 is 46.4 Å². The summed E-state index contributed by atoms with van der Waals surface area (Å²) in [4.78, 5) is 17.0. The quantitative estimate of drug-likeness (QED) is 0.505. The molecule has 33 heavy (non-hydrogen) atoms. The van der Waals surface area contributed by atoms with E-state index in [1.54, 1.807) is 0 Å². The first-order chi connectivity index (χ1) is 15.5. The Morgan fingerprint density at radius 1 is 1.18 bits per heavy atom. The minimum absolute atomic E-state index is 0.00685. The average molecular weight is 517 g/mol. The number of carbonyl (C=O) groups excluding carboxylic acids is 1. The summed E-state index contributed by atoms with van der Waals surface area (Å²) in [7, 11) is 0. The summed E-state index contributed by atoms with van der Waals surface area (Å²) in [5.41, 5.74) is -2.42. The zero-order chi connectivity index (χ0) is 24.0. The molecular formula is C22H15Cl3F3N3O2. The average Bonchev–Trinajstić information content (AvgIpc) is 3.48. The van der Waals surface area contributed by atoms with Crippen LogP contribution >= 0.6 is 34.8 Å². The minimum atomic E-state index is -4.82. The predicted octanol–water partition coefficient (Wildman–Crippen LogP) is 6.32. The number of oxime groups is 1. The van der Waals surface area contributed by atoms with Gasteiger partial charge < -0.3 is 10.2 Å². The number of rotatable bonds is 5. The molecular weight excluding hydrogens is 502 g/mol. The maximum Gasteiger partial charge on any atom is 0.435 e. The maximum atomic E-state index is 14.2. The Balaban J connectivity index is 1.61. The fourth-order valence-electron chi connectivity index (χ4n) is 3.57. The van der Waals surface area contributed by atoms with E-state index in [1.807, 2.05) is 6.07 Å². The summed E-state index contributed by atoms with van der Waals surface area (Å²) in [6, 6.07) is 8.94. The standard InChI is InChI=1S/C22H15Cl3F3N3O2/c23-14-6-13(7-15(24)8-14)21(22(26,27)28)9-18(31-33-21)12-3-4-16(17(25)5-12)19(10-29)30-20(32)11-1-2-11/h3-8,11,19H,1-2,9H2,(H,30,32). The van der Waals surface area contributed by atoms with E-state index in [9.17, 15) is 23.2 Å². The highest BCUT2D eigenvalue weighted by atomic mass is 35.5. The monoisotopic (exact) mass is 515 g/mol. The van der Waals surface area contributed by atoms with E-state index >= 15 is 0 Å². The van der Waals surface area contributed by atoms with Crippen LogP contribution < -0.4 is 5.32 Å². The van der Waals surface area contributed by atoms with Gasteiger partial charge in [-0.05, 0) is 37.1 Å². The van der Waals surface area contributed by atoms with Gasteiger partial charge in [0.2, 0.25) is 5.91 Å². The van der Waals surface area contributed by atoms with Crippen molar-refractivity contribution in [1.82, 2.24) is 5.32 Å². The van der Waals surface area contributed by atoms with Crippen molar-refractivity contribution < 1.29 is 22.8 Å². The van der Waals surface area contributed by atoms with Gasteiger partial charge in [0.15, 0.2) is 0 Å². The number of benzene rings is 2. The van der Waals surface area contributed by atoms with Gasteiger partial charge in [0.25, 0.3) is 5.60 Å². The van der Waals surface area contributed by atoms with E-state index < -0.39 is 24.2 Å². The molecule has 2 aromatic carbocycles. The Hall–Kier alpha value is -2.47. The molecule has 4 rings (SSSR count). The number of nitrogens with zero attached hydrogens (tertiary/aromatic N) is 2. The molecule has 1 aliphatic heterocycles. The van der Waals surface area contributed by atoms with Gasteiger partial charge in [-0.2, -0.15) is 18.4 Å². The third kappa shape index (κ3) is 4.63. The van der Waals surface area contributed by atoms with Crippen LogP contribution in [-0.4, -0.2) is 17.8 Å². The van der Waals surface area contributed by atoms with Crippen LogP contribution in [0.2, 0.25) is 15.1 Å². The van der Waals surface area contributed by atoms with Crippen molar-refractivity contribution in [2.75, 3.05) is 0 Å². The van der Waals surface area contributed by atoms with Crippen molar-refractivity contribution in [3.8, 4) is 6.07 Å². The lowest BCUT2D eigenvalue weighted by Crippen LogP contribution is -2.42. The molecule has 0 spiro atoms. The van der Waals surface area contributed by atoms with Crippen LogP contribution in [0.15, 0.2) is 41.6 Å². The summed E-state index contributed by atoms with van der Waals surface area (Å²) in [5.74, 6) is -0.329. The molecule has 2 atom stereocenters. The van der Waals surface area contributed by atoms with Gasteiger partial charge in [0, 0.05) is 44.1 Å². The van der Waals surface area contributed by atoms with Crippen LogP contribution in [0.25, 0.3) is 0 Å². The second-order valence-corrected chi connectivity index (χ2v) is 9.15. The summed E-state index contributed by atoms with van der Waals surface area (Å²) in [5, 5.41) is 15.9. The molecule has 0 saturated heterocycles. The van der Waals surface area contributed by atoms with Gasteiger partial charge in [-0.3, -0.25) is 4.79 Å². The van der Waals surface area contributed by atoms with Crippen LogP contribution in [0.1, 0.15) is 42.0 Å². The van der Waals surface area contributed by atoms with E-state index in [0.29, 0.717) is 5.56 Å². The minimum Gasteiger partial charge on any atom is -0.374 e. The molecule has 0 aromatic heterocycles. The number of nitrogens with one attached hydrogen (secondary N) is 1. The fourth-order valence-corrected chi connectivity index (χ4v) is 4.39. The Kier molecular flexibility index (Phi) is 6.25. The number of carbonyl (C=O) groups is 1. The zero-order valence-corrected chi connectivity index (χ0v) is 19.0. The summed E-state index contributed by atoms with van der Waals surface area (Å²) in [6.07, 6.45) is -3.91. The fraction of sp³-hybridized carbons (Fsp3) is 0.318. The molecule has 172 valence electrons. The summed E-state index contributed by atoms with van der Waals surface area (Å²) >= 11 is 18.2. The van der Waals surface area contributed by atoms with E-state index in [-0.39, 0.29) is 43.7 Å². The summed E-state index contributed by atoms with van der Waals surface area (Å²) < 4.78 is 42.5. The van der Waals surface area contributed by atoms with E-state index in [1.165, 1.54) is 24.3 Å². The Labute approximate surface area is 202 Å². The highest BCUT2D eigenvalue weighted by Crippen LogP contribution is 2.49. The number of nitriles is 1. The lowest BCUT2D eigenvalue weighted by molar-refractivity contribution is -0.275. The predicted molar refractivity (Wildman–Crippen MR) is 117 cm³/mol. The van der Waals surface area contributed by atoms with Gasteiger partial charge in [0.05, 0.1) is 11.8 Å². The van der Waals surface area contributed by atoms with Crippen LogP contribution in [0.3, 0.4) is 0 Å². The highest BCUT2D eigenvalue weighted by molar-refractivity contribution is 6.34. The van der Waals surface area contributed by atoms with Gasteiger partial charge in [-0.1, -0.05) is 52.1 Å². The lowest BCUT2D eigenvalue weighted by atomic mass is 9.86. The van der Waals surface area contributed by atoms with E-state index in [0.717, 1.165) is 25.0 Å². The Morgan fingerprint density at radius 3 is 2.39 bits per heavy atom. The molecule has 2 aliphatic rings. The molecule has 1 aliphatic carbocycles. The molecule has 1 N–H and O–H groups in total. The number of hydrogen-bond donors (Lipinski definition) is 1. The molecule has 11 heteroatoms. The Morgan fingerprint density at radius 2 is 1.85 bits per heavy atom. The van der Waals surface area contributed by atoms with Gasteiger partial charge in [-0.15, -0.1) is 0 Å². The van der Waals surface area contributed by atoms with Gasteiger partial charge >= 0.3 is 6.18 Å². The normalized spacial score (nSPS) is 21.1. The van der Waals surface area contributed by atoms with Crippen LogP contribution in [0.5, 0.6) is 0 Å². The first-order valence-electron chi connectivity index (χ1n) is 9.82. The largest absolute Gasteiger partial charge is 0.435 e. The SMILES string of the molecule is N#CC(NC(=O)C1CC1)c1ccc(C2=NOC(c3cc(Cl)cc(Cl)c3)(C(F)(F)F)C2)cc1Cl. The molecule has 1 heterocycles. The maximum absolute atomic E-state index is 14.2. The van der Waals surface area contributed by atoms with Gasteiger partial charge in [-0.25, -0.2) is 0 Å². The zero-order valence-electron chi connectivity index (χ0n) is 16.7. The third-order valence-electron chi connectivity index (χ3n) is 5.52. The number of hydrogen-bond acceptors (Lipinski definition) is 4. The van der Waals surface area contributed by atoms with Crippen LogP contribution in [0, 0.1) is 17.2 Å². The summed E-state index contributed by atoms with van der Waals surface area (Å²) in [6.45, 7) is 0. The first-order valence-corrected chi connectivity index (χ1v) is 11.0. The second kappa shape index (κ2) is 8.71. The van der Waals surface area contributed by atoms with E-state index in [2.05, 4.69) is 10.5 Å². The van der Waals surface area contributed by atoms with Crippen LogP contribution in [-0.2, 0) is 15.2 Å². The molecule has 2 aromatic rings. The first kappa shape index (κ1) is 23.7. The third-order valence-corrected chi connectivity index (χ3v) is 6.29. The molecule has 0 bridgehead atoms. The van der Waals surface area contributed by atoms with Crippen LogP contribution in [0.4, 0.5) is 13.2 Å². The molecule has 2 unspecified atom stereocenters. The van der Waals surface area contributed by atoms with E-state index in [4.69, 9.17) is 39.6 Å². The van der Waals surface area contributed by atoms with Crippen molar-refractivity contribution in [1.29, 1.82) is 5.26 Å². The number of amides is 1. The van der Waals surface area contributed by atoms with Crippen molar-refractivity contribution in [3.05, 3.63) is 68.2 Å². The van der Waals surface area contributed by atoms with Crippen molar-refractivity contribution in [2.45, 2.75) is 37.1 Å². The molecule has 1 amide bonds. The highest BCUT2D eigenvalue weighted by Gasteiger charge is 2.62. The lowest BCUT2D eigenvalue weighted by Gasteiger charge is -2.29. The number of alkyl halides is 3. The molecule has 1 fully saturated rings. The number of halogens is 6. The molecule has 5 nitrogen and oxygen atoms in total. The Bertz CT molecular complexity index is 1170. The molecule has 0 radical (unpaired) electrons. The van der Waals surface area contributed by atoms with Gasteiger partial charge in [0.1, 0.15) is 6.04 Å². The molecule has 1 saturated carbocycles. The second-order valence-electron chi connectivity index (χ2n) is 7.87.